The second-order valence-corrected chi connectivity index (χ2v) is 5.17. The molecule has 1 amide bonds. The number of likely N-dealkylation sites (N-methyl/N-ethyl adjacent to an activating group) is 1. The molecule has 1 N–H and O–H groups in total. The van der Waals surface area contributed by atoms with Gasteiger partial charge in [-0.05, 0) is 24.1 Å². The molecular weight excluding hydrogens is 294 g/mol. The van der Waals surface area contributed by atoms with Crippen LogP contribution in [0.1, 0.15) is 24.7 Å². The Morgan fingerprint density at radius 1 is 1.52 bits per heavy atom. The van der Waals surface area contributed by atoms with E-state index in [1.807, 2.05) is 0 Å². The zero-order valence-electron chi connectivity index (χ0n) is 11.8. The fourth-order valence-corrected chi connectivity index (χ4v) is 2.28. The van der Waals surface area contributed by atoms with Crippen molar-refractivity contribution in [1.82, 2.24) is 15.0 Å². The van der Waals surface area contributed by atoms with Crippen LogP contribution in [0.5, 0.6) is 0 Å². The number of hydrogen-bond acceptors (Lipinski definition) is 5. The zero-order chi connectivity index (χ0) is 15.5. The number of carbonyl (C=O) groups excluding carboxylic acids is 1. The van der Waals surface area contributed by atoms with E-state index in [4.69, 9.17) is 11.6 Å². The second kappa shape index (κ2) is 6.24. The van der Waals surface area contributed by atoms with E-state index in [-0.39, 0.29) is 13.0 Å². The molecule has 0 aliphatic rings. The minimum atomic E-state index is -1.64. The van der Waals surface area contributed by atoms with E-state index < -0.39 is 11.5 Å². The molecule has 0 radical (unpaired) electrons. The number of carbonyl (C=O) groups is 1. The van der Waals surface area contributed by atoms with Crippen molar-refractivity contribution in [3.05, 3.63) is 47.1 Å². The number of rotatable bonds is 5. The molecule has 0 saturated heterocycles. The van der Waals surface area contributed by atoms with E-state index in [1.165, 1.54) is 11.3 Å². The number of nitrogens with zero attached hydrogens (tertiary/aromatic N) is 3. The average Bonchev–Trinajstić information content (AvgIpc) is 2.98. The van der Waals surface area contributed by atoms with Gasteiger partial charge in [0.15, 0.2) is 11.4 Å². The minimum Gasteiger partial charge on any atom is -0.375 e. The van der Waals surface area contributed by atoms with Crippen LogP contribution in [0.2, 0.25) is 5.02 Å². The Balaban J connectivity index is 2.24. The molecule has 2 aromatic rings. The van der Waals surface area contributed by atoms with Gasteiger partial charge in [-0.3, -0.25) is 4.79 Å². The highest BCUT2D eigenvalue weighted by molar-refractivity contribution is 6.30. The predicted octanol–water partition coefficient (Wildman–Crippen LogP) is 1.98. The monoisotopic (exact) mass is 309 g/mol. The first-order valence-electron chi connectivity index (χ1n) is 6.46. The van der Waals surface area contributed by atoms with E-state index in [2.05, 4.69) is 14.7 Å². The van der Waals surface area contributed by atoms with Crippen LogP contribution in [0.3, 0.4) is 0 Å². The molecule has 6 nitrogen and oxygen atoms in total. The lowest BCUT2D eigenvalue weighted by atomic mass is 9.89. The molecule has 1 heterocycles. The van der Waals surface area contributed by atoms with Crippen LogP contribution in [0, 0.1) is 0 Å². The van der Waals surface area contributed by atoms with Crippen LogP contribution >= 0.6 is 11.6 Å². The Kier molecular flexibility index (Phi) is 4.59. The average molecular weight is 310 g/mol. The summed E-state index contributed by atoms with van der Waals surface area (Å²) in [6.07, 6.45) is 1.42. The molecule has 1 unspecified atom stereocenters. The Hall–Kier alpha value is -1.92. The Labute approximate surface area is 127 Å². The number of aromatic nitrogens is 2. The van der Waals surface area contributed by atoms with E-state index in [1.54, 1.807) is 38.2 Å². The topological polar surface area (TPSA) is 79.5 Å². The molecule has 0 spiro atoms. The molecule has 1 aromatic carbocycles. The quantitative estimate of drug-likeness (QED) is 0.913. The summed E-state index contributed by atoms with van der Waals surface area (Å²) in [6.45, 7) is 1.89. The highest BCUT2D eigenvalue weighted by Crippen LogP contribution is 2.29. The van der Waals surface area contributed by atoms with Gasteiger partial charge < -0.3 is 14.5 Å². The summed E-state index contributed by atoms with van der Waals surface area (Å²) in [5, 5.41) is 14.9. The van der Waals surface area contributed by atoms with Crippen LogP contribution in [-0.2, 0) is 16.9 Å². The van der Waals surface area contributed by atoms with Crippen molar-refractivity contribution in [2.24, 2.45) is 0 Å². The van der Waals surface area contributed by atoms with Crippen molar-refractivity contribution >= 4 is 17.5 Å². The fraction of sp³-hybridized carbons (Fsp3) is 0.357. The van der Waals surface area contributed by atoms with E-state index >= 15 is 0 Å². The maximum atomic E-state index is 12.6. The third-order valence-corrected chi connectivity index (χ3v) is 3.53. The molecule has 0 aliphatic carbocycles. The van der Waals surface area contributed by atoms with Gasteiger partial charge in [-0.25, -0.2) is 0 Å². The van der Waals surface area contributed by atoms with Gasteiger partial charge in [-0.15, -0.1) is 0 Å². The zero-order valence-corrected chi connectivity index (χ0v) is 12.5. The number of benzene rings is 1. The van der Waals surface area contributed by atoms with Gasteiger partial charge in [0.25, 0.3) is 5.91 Å². The number of aliphatic hydroxyl groups is 1. The Morgan fingerprint density at radius 2 is 2.29 bits per heavy atom. The van der Waals surface area contributed by atoms with Crippen LogP contribution in [0.4, 0.5) is 0 Å². The van der Waals surface area contributed by atoms with Gasteiger partial charge in [-0.1, -0.05) is 35.8 Å². The van der Waals surface area contributed by atoms with Gasteiger partial charge in [-0.2, -0.15) is 4.98 Å². The summed E-state index contributed by atoms with van der Waals surface area (Å²) in [5.74, 6) is -0.0764. The molecule has 0 bridgehead atoms. The standard InChI is InChI=1S/C14H16ClN3O3/c1-3-14(20,10-5-4-6-11(15)7-10)13(19)18(2)8-12-16-9-21-17-12/h4-7,9,20H,3,8H2,1-2H3. The minimum absolute atomic E-state index is 0.151. The number of hydrogen-bond donors (Lipinski definition) is 1. The fourth-order valence-electron chi connectivity index (χ4n) is 2.09. The van der Waals surface area contributed by atoms with Gasteiger partial charge in [0, 0.05) is 12.1 Å². The lowest BCUT2D eigenvalue weighted by Gasteiger charge is -2.30. The highest BCUT2D eigenvalue weighted by atomic mass is 35.5. The van der Waals surface area contributed by atoms with E-state index in [0.29, 0.717) is 16.4 Å². The van der Waals surface area contributed by atoms with Crippen LogP contribution in [0.25, 0.3) is 0 Å². The van der Waals surface area contributed by atoms with Gasteiger partial charge >= 0.3 is 0 Å². The lowest BCUT2D eigenvalue weighted by Crippen LogP contribution is -2.44. The Bertz CT molecular complexity index is 618. The molecule has 0 saturated carbocycles. The molecule has 0 fully saturated rings. The molecule has 7 heteroatoms. The lowest BCUT2D eigenvalue weighted by molar-refractivity contribution is -0.152. The highest BCUT2D eigenvalue weighted by Gasteiger charge is 2.38. The first kappa shape index (κ1) is 15.5. The normalized spacial score (nSPS) is 13.7. The van der Waals surface area contributed by atoms with Crippen molar-refractivity contribution in [1.29, 1.82) is 0 Å². The maximum absolute atomic E-state index is 12.6. The van der Waals surface area contributed by atoms with Crippen molar-refractivity contribution in [2.45, 2.75) is 25.5 Å². The molecule has 2 rings (SSSR count). The maximum Gasteiger partial charge on any atom is 0.259 e. The number of halogens is 1. The van der Waals surface area contributed by atoms with Crippen molar-refractivity contribution in [3.63, 3.8) is 0 Å². The van der Waals surface area contributed by atoms with E-state index in [9.17, 15) is 9.90 Å². The van der Waals surface area contributed by atoms with Crippen LogP contribution in [0.15, 0.2) is 35.2 Å². The summed E-state index contributed by atoms with van der Waals surface area (Å²) in [4.78, 5) is 17.8. The second-order valence-electron chi connectivity index (χ2n) is 4.73. The summed E-state index contributed by atoms with van der Waals surface area (Å²) in [7, 11) is 1.57. The molecule has 1 atom stereocenters. The summed E-state index contributed by atoms with van der Waals surface area (Å²) < 4.78 is 4.63. The van der Waals surface area contributed by atoms with Crippen molar-refractivity contribution in [2.75, 3.05) is 7.05 Å². The predicted molar refractivity (Wildman–Crippen MR) is 76.4 cm³/mol. The summed E-state index contributed by atoms with van der Waals surface area (Å²) in [6, 6.07) is 6.65. The molecule has 0 aliphatic heterocycles. The Morgan fingerprint density at radius 3 is 2.86 bits per heavy atom. The molecule has 1 aromatic heterocycles. The smallest absolute Gasteiger partial charge is 0.259 e. The van der Waals surface area contributed by atoms with Crippen molar-refractivity contribution < 1.29 is 14.4 Å². The molecular formula is C14H16ClN3O3. The van der Waals surface area contributed by atoms with Gasteiger partial charge in [0.05, 0.1) is 6.54 Å². The first-order valence-corrected chi connectivity index (χ1v) is 6.84. The van der Waals surface area contributed by atoms with Crippen LogP contribution < -0.4 is 0 Å². The molecule has 112 valence electrons. The third kappa shape index (κ3) is 3.22. The van der Waals surface area contributed by atoms with Crippen LogP contribution in [-0.4, -0.2) is 33.1 Å². The van der Waals surface area contributed by atoms with Gasteiger partial charge in [0.2, 0.25) is 6.39 Å². The summed E-state index contributed by atoms with van der Waals surface area (Å²) in [5.41, 5.74) is -1.17. The summed E-state index contributed by atoms with van der Waals surface area (Å²) >= 11 is 5.94. The largest absolute Gasteiger partial charge is 0.375 e. The SMILES string of the molecule is CCC(O)(C(=O)N(C)Cc1ncon1)c1cccc(Cl)c1. The van der Waals surface area contributed by atoms with Crippen molar-refractivity contribution in [3.8, 4) is 0 Å². The van der Waals surface area contributed by atoms with Gasteiger partial charge in [0.1, 0.15) is 0 Å². The third-order valence-electron chi connectivity index (χ3n) is 3.30. The van der Waals surface area contributed by atoms with E-state index in [0.717, 1.165) is 0 Å². The number of amides is 1. The molecule has 21 heavy (non-hydrogen) atoms. The first-order chi connectivity index (χ1) is 9.97.